The molecule has 0 amide bonds. The average molecular weight is 425 g/mol. The predicted molar refractivity (Wildman–Crippen MR) is 123 cm³/mol. The van der Waals surface area contributed by atoms with E-state index in [4.69, 9.17) is 0 Å². The summed E-state index contributed by atoms with van der Waals surface area (Å²) in [6, 6.07) is 12.8. The van der Waals surface area contributed by atoms with Gasteiger partial charge in [0.05, 0.1) is 5.56 Å². The average Bonchev–Trinajstić information content (AvgIpc) is 2.76. The highest BCUT2D eigenvalue weighted by molar-refractivity contribution is 5.53. The molecule has 0 aliphatic heterocycles. The van der Waals surface area contributed by atoms with Gasteiger partial charge >= 0.3 is 0 Å². The summed E-state index contributed by atoms with van der Waals surface area (Å²) in [6.45, 7) is 2.20. The van der Waals surface area contributed by atoms with Gasteiger partial charge in [-0.3, -0.25) is 0 Å². The molecule has 1 aliphatic rings. The Hall–Kier alpha value is -2.47. The van der Waals surface area contributed by atoms with Crippen LogP contribution in [-0.4, -0.2) is 5.92 Å². The number of alkyl halides is 2. The third kappa shape index (κ3) is 7.31. The first kappa shape index (κ1) is 23.2. The van der Waals surface area contributed by atoms with E-state index in [0.717, 1.165) is 23.1 Å². The summed E-state index contributed by atoms with van der Waals surface area (Å²) in [5.41, 5.74) is 3.10. The lowest BCUT2D eigenvalue weighted by atomic mass is 9.82. The Balaban J connectivity index is 1.57. The van der Waals surface area contributed by atoms with Crippen LogP contribution >= 0.6 is 0 Å². The Morgan fingerprint density at radius 1 is 0.968 bits per heavy atom. The van der Waals surface area contributed by atoms with E-state index in [1.165, 1.54) is 31.7 Å². The minimum atomic E-state index is -2.51. The molecule has 164 valence electrons. The molecule has 0 aromatic heterocycles. The topological polar surface area (TPSA) is 0 Å². The molecular formula is C28H31F3. The van der Waals surface area contributed by atoms with Crippen molar-refractivity contribution in [1.29, 1.82) is 0 Å². The maximum atomic E-state index is 14.4. The molecule has 0 spiro atoms. The van der Waals surface area contributed by atoms with Gasteiger partial charge in [-0.15, -0.1) is 0 Å². The van der Waals surface area contributed by atoms with Crippen LogP contribution in [-0.2, 0) is 0 Å². The number of halogens is 3. The highest BCUT2D eigenvalue weighted by atomic mass is 19.3. The summed E-state index contributed by atoms with van der Waals surface area (Å²) in [5.74, 6) is 3.28. The van der Waals surface area contributed by atoms with Crippen LogP contribution in [0.4, 0.5) is 13.2 Å². The quantitative estimate of drug-likeness (QED) is 0.309. The van der Waals surface area contributed by atoms with Crippen molar-refractivity contribution in [3.63, 3.8) is 0 Å². The third-order valence-electron chi connectivity index (χ3n) is 5.97. The van der Waals surface area contributed by atoms with E-state index in [-0.39, 0.29) is 24.6 Å². The molecule has 1 fully saturated rings. The maximum Gasteiger partial charge on any atom is 0.248 e. The van der Waals surface area contributed by atoms with E-state index in [2.05, 4.69) is 24.8 Å². The van der Waals surface area contributed by atoms with Gasteiger partial charge in [0.1, 0.15) is 5.82 Å². The van der Waals surface area contributed by atoms with Crippen LogP contribution in [0.2, 0.25) is 0 Å². The lowest BCUT2D eigenvalue weighted by molar-refractivity contribution is -0.0382. The summed E-state index contributed by atoms with van der Waals surface area (Å²) in [4.78, 5) is 0. The predicted octanol–water partition coefficient (Wildman–Crippen LogP) is 8.50. The molecule has 0 heterocycles. The van der Waals surface area contributed by atoms with E-state index in [1.54, 1.807) is 6.07 Å². The summed E-state index contributed by atoms with van der Waals surface area (Å²) >= 11 is 0. The number of allylic oxidation sites excluding steroid dienone is 1. The van der Waals surface area contributed by atoms with Crippen LogP contribution in [0.25, 0.3) is 6.08 Å². The molecule has 3 heteroatoms. The summed E-state index contributed by atoms with van der Waals surface area (Å²) in [7, 11) is 0. The van der Waals surface area contributed by atoms with Crippen molar-refractivity contribution in [2.45, 2.75) is 76.6 Å². The van der Waals surface area contributed by atoms with Crippen LogP contribution in [0.1, 0.15) is 92.9 Å². The summed E-state index contributed by atoms with van der Waals surface area (Å²) in [5, 5.41) is 0. The molecule has 31 heavy (non-hydrogen) atoms. The monoisotopic (exact) mass is 424 g/mol. The van der Waals surface area contributed by atoms with Crippen LogP contribution in [0.5, 0.6) is 0 Å². The van der Waals surface area contributed by atoms with Crippen molar-refractivity contribution in [2.24, 2.45) is 0 Å². The molecule has 0 radical (unpaired) electrons. The highest BCUT2D eigenvalue weighted by Gasteiger charge is 2.35. The fourth-order valence-electron chi connectivity index (χ4n) is 4.00. The van der Waals surface area contributed by atoms with Crippen LogP contribution in [0.15, 0.2) is 48.5 Å². The first-order valence-corrected chi connectivity index (χ1v) is 11.4. The molecule has 1 aliphatic carbocycles. The Bertz CT molecular complexity index is 919. The molecule has 1 saturated carbocycles. The molecular weight excluding hydrogens is 393 g/mol. The Morgan fingerprint density at radius 3 is 2.39 bits per heavy atom. The van der Waals surface area contributed by atoms with Crippen molar-refractivity contribution in [3.05, 3.63) is 76.6 Å². The first-order chi connectivity index (χ1) is 15.0. The lowest BCUT2D eigenvalue weighted by Crippen LogP contribution is -2.23. The molecule has 0 bridgehead atoms. The Kier molecular flexibility index (Phi) is 8.41. The van der Waals surface area contributed by atoms with E-state index in [1.807, 2.05) is 36.4 Å². The molecule has 0 saturated heterocycles. The van der Waals surface area contributed by atoms with Gasteiger partial charge < -0.3 is 0 Å². The number of unbranched alkanes of at least 4 members (excludes halogenated alkanes) is 4. The maximum absolute atomic E-state index is 14.4. The highest BCUT2D eigenvalue weighted by Crippen LogP contribution is 2.40. The van der Waals surface area contributed by atoms with E-state index in [0.29, 0.717) is 18.4 Å². The normalized spacial score (nSPS) is 16.3. The fraction of sp³-hybridized carbons (Fsp3) is 0.429. The molecule has 2 aromatic carbocycles. The molecule has 3 rings (SSSR count). The molecule has 0 nitrogen and oxygen atoms in total. The van der Waals surface area contributed by atoms with Gasteiger partial charge in [-0.05, 0) is 67.0 Å². The number of hydrogen-bond donors (Lipinski definition) is 0. The molecule has 0 N–H and O–H groups in total. The fourth-order valence-corrected chi connectivity index (χ4v) is 4.00. The zero-order chi connectivity index (χ0) is 22.1. The second-order valence-corrected chi connectivity index (χ2v) is 8.49. The van der Waals surface area contributed by atoms with Crippen LogP contribution < -0.4 is 0 Å². The summed E-state index contributed by atoms with van der Waals surface area (Å²) < 4.78 is 41.1. The Morgan fingerprint density at radius 2 is 1.71 bits per heavy atom. The third-order valence-corrected chi connectivity index (χ3v) is 5.97. The first-order valence-electron chi connectivity index (χ1n) is 11.4. The zero-order valence-corrected chi connectivity index (χ0v) is 18.3. The summed E-state index contributed by atoms with van der Waals surface area (Å²) in [6.07, 6.45) is 10.9. The second-order valence-electron chi connectivity index (χ2n) is 8.49. The van der Waals surface area contributed by atoms with E-state index in [9.17, 15) is 13.2 Å². The number of hydrogen-bond acceptors (Lipinski definition) is 0. The SMILES string of the molecule is CCCCCC/C=C/c1ccc(C#Cc2ccc(C3CCC(F)(F)CC3)cc2)c(F)c1. The van der Waals surface area contributed by atoms with E-state index < -0.39 is 5.92 Å². The number of rotatable bonds is 7. The van der Waals surface area contributed by atoms with Crippen molar-refractivity contribution in [1.82, 2.24) is 0 Å². The minimum Gasteiger partial charge on any atom is -0.207 e. The zero-order valence-electron chi connectivity index (χ0n) is 18.3. The van der Waals surface area contributed by atoms with Crippen LogP contribution in [0.3, 0.4) is 0 Å². The smallest absolute Gasteiger partial charge is 0.207 e. The van der Waals surface area contributed by atoms with Gasteiger partial charge in [0.2, 0.25) is 5.92 Å². The van der Waals surface area contributed by atoms with Gasteiger partial charge in [0.15, 0.2) is 0 Å². The Labute approximate surface area is 184 Å². The largest absolute Gasteiger partial charge is 0.248 e. The van der Waals surface area contributed by atoms with Crippen molar-refractivity contribution in [2.75, 3.05) is 0 Å². The molecule has 0 unspecified atom stereocenters. The van der Waals surface area contributed by atoms with Crippen molar-refractivity contribution in [3.8, 4) is 11.8 Å². The lowest BCUT2D eigenvalue weighted by Gasteiger charge is -2.28. The van der Waals surface area contributed by atoms with Gasteiger partial charge in [0.25, 0.3) is 0 Å². The second kappa shape index (κ2) is 11.2. The van der Waals surface area contributed by atoms with E-state index >= 15 is 0 Å². The van der Waals surface area contributed by atoms with Crippen molar-refractivity contribution >= 4 is 6.08 Å². The van der Waals surface area contributed by atoms with Gasteiger partial charge in [-0.25, -0.2) is 13.2 Å². The molecule has 0 atom stereocenters. The number of benzene rings is 2. The molecule has 2 aromatic rings. The minimum absolute atomic E-state index is 0.0391. The van der Waals surface area contributed by atoms with Gasteiger partial charge in [0, 0.05) is 18.4 Å². The van der Waals surface area contributed by atoms with Crippen molar-refractivity contribution < 1.29 is 13.2 Å². The van der Waals surface area contributed by atoms with Crippen LogP contribution in [0, 0.1) is 17.7 Å². The standard InChI is InChI=1S/C28H31F3/c1-2-3-4-5-6-7-8-23-12-16-26(27(29)21-23)15-11-22-9-13-24(14-10-22)25-17-19-28(30,31)20-18-25/h7-10,12-14,16,21,25H,2-6,17-20H2,1H3/b8-7+. The van der Waals surface area contributed by atoms with Gasteiger partial charge in [-0.1, -0.05) is 68.4 Å². The van der Waals surface area contributed by atoms with Gasteiger partial charge in [-0.2, -0.15) is 0 Å².